The number of hydrogen-bond acceptors (Lipinski definition) is 9. The van der Waals surface area contributed by atoms with Gasteiger partial charge < -0.3 is 40.5 Å². The second-order valence-corrected chi connectivity index (χ2v) is 5.69. The average Bonchev–Trinajstić information content (AvgIpc) is 2.83. The van der Waals surface area contributed by atoms with Crippen molar-refractivity contribution in [3.8, 4) is 0 Å². The van der Waals surface area contributed by atoms with Gasteiger partial charge in [-0.1, -0.05) is 0 Å². The zero-order chi connectivity index (χ0) is 14.5. The Bertz CT molecular complexity index is 643. The molecule has 14 heteroatoms. The van der Waals surface area contributed by atoms with Crippen LogP contribution in [0.25, 0.3) is 0 Å². The molecule has 2 aliphatic heterocycles. The van der Waals surface area contributed by atoms with E-state index in [4.69, 9.17) is 19.5 Å². The number of nitrogens with zero attached hydrogens (tertiary/aromatic N) is 2. The van der Waals surface area contributed by atoms with Crippen molar-refractivity contribution in [2.45, 2.75) is 24.5 Å². The molecule has 1 aromatic heterocycles. The van der Waals surface area contributed by atoms with E-state index in [0.717, 1.165) is 4.57 Å². The maximum Gasteiger partial charge on any atom is 1.00 e. The van der Waals surface area contributed by atoms with Gasteiger partial charge in [-0.2, -0.15) is 4.98 Å². The first-order chi connectivity index (χ1) is 9.41. The summed E-state index contributed by atoms with van der Waals surface area (Å²) in [5, 5.41) is 9.19. The van der Waals surface area contributed by atoms with Crippen LogP contribution in [-0.4, -0.2) is 50.5 Å². The Kier molecular flexibility index (Phi) is 8.01. The summed E-state index contributed by atoms with van der Waals surface area (Å²) in [4.78, 5) is 26.6. The summed E-state index contributed by atoms with van der Waals surface area (Å²) in [5.74, 6) is 0.0255. The van der Waals surface area contributed by atoms with E-state index in [2.05, 4.69) is 4.98 Å². The molecule has 3 rings (SSSR count). The molecule has 2 saturated heterocycles. The topological polar surface area (TPSA) is 212 Å². The summed E-state index contributed by atoms with van der Waals surface area (Å²) < 4.78 is 27.3. The minimum atomic E-state index is -4.46. The van der Waals surface area contributed by atoms with Crippen LogP contribution in [-0.2, 0) is 18.3 Å². The predicted molar refractivity (Wildman–Crippen MR) is 68.5 cm³/mol. The SMILES string of the molecule is Nc1ccn(C2OC(CO)C3OP(=O)([O-])OC32)c(=O)n1.O.O.[Na+]. The number of phosphoric ester groups is 1. The summed E-state index contributed by atoms with van der Waals surface area (Å²) in [6.45, 7) is -0.474. The third-order valence-corrected chi connectivity index (χ3v) is 4.10. The molecule has 5 unspecified atom stereocenters. The van der Waals surface area contributed by atoms with Crippen molar-refractivity contribution in [2.24, 2.45) is 0 Å². The monoisotopic (exact) mass is 363 g/mol. The van der Waals surface area contributed by atoms with Crippen molar-refractivity contribution in [1.82, 2.24) is 9.55 Å². The first kappa shape index (κ1) is 22.6. The molecule has 0 radical (unpaired) electrons. The minimum absolute atomic E-state index is 0. The van der Waals surface area contributed by atoms with E-state index >= 15 is 0 Å². The molecule has 126 valence electrons. The fraction of sp³-hybridized carbons (Fsp3) is 0.556. The number of nitrogens with two attached hydrogens (primary N) is 1. The molecule has 2 fully saturated rings. The molecule has 0 saturated carbocycles. The van der Waals surface area contributed by atoms with E-state index in [1.54, 1.807) is 0 Å². The summed E-state index contributed by atoms with van der Waals surface area (Å²) in [6, 6.07) is 1.36. The number of anilines is 1. The van der Waals surface area contributed by atoms with Crippen molar-refractivity contribution >= 4 is 13.6 Å². The molecular formula is C9H15N3NaO9P. The number of fused-ring (bicyclic) bond motifs is 1. The van der Waals surface area contributed by atoms with Crippen LogP contribution in [0.4, 0.5) is 5.82 Å². The molecule has 1 aromatic rings. The second-order valence-electron chi connectivity index (χ2n) is 4.38. The molecular weight excluding hydrogens is 348 g/mol. The summed E-state index contributed by atoms with van der Waals surface area (Å²) in [5.41, 5.74) is 4.65. The van der Waals surface area contributed by atoms with Gasteiger partial charge in [0, 0.05) is 6.20 Å². The molecule has 0 aromatic carbocycles. The minimum Gasteiger partial charge on any atom is -0.756 e. The maximum absolute atomic E-state index is 11.8. The second kappa shape index (κ2) is 8.14. The van der Waals surface area contributed by atoms with Crippen molar-refractivity contribution in [1.29, 1.82) is 0 Å². The van der Waals surface area contributed by atoms with Crippen LogP contribution in [0.5, 0.6) is 0 Å². The number of hydrogen-bond donors (Lipinski definition) is 2. The van der Waals surface area contributed by atoms with E-state index in [0.29, 0.717) is 0 Å². The number of aliphatic hydroxyl groups is 1. The van der Waals surface area contributed by atoms with Gasteiger partial charge >= 0.3 is 35.2 Å². The van der Waals surface area contributed by atoms with Gasteiger partial charge in [0.05, 0.1) is 6.61 Å². The number of rotatable bonds is 2. The van der Waals surface area contributed by atoms with Crippen LogP contribution in [0.3, 0.4) is 0 Å². The average molecular weight is 363 g/mol. The van der Waals surface area contributed by atoms with Gasteiger partial charge in [0.2, 0.25) is 0 Å². The van der Waals surface area contributed by atoms with Crippen LogP contribution >= 0.6 is 7.82 Å². The standard InChI is InChI=1S/C9H12N3O7P.Na.2H2O/c10-5-1-2-12(9(14)11-5)8-7-6(4(3-13)17-8)18-20(15,16)19-7;;;/h1-2,4,6-8,13H,3H2,(H,15,16)(H2,10,11,14);;2*1H2/q;+1;;/p-1. The van der Waals surface area contributed by atoms with Crippen molar-refractivity contribution in [2.75, 3.05) is 12.3 Å². The molecule has 2 aliphatic rings. The largest absolute Gasteiger partial charge is 1.00 e. The number of phosphoric acid groups is 1. The Morgan fingerprint density at radius 2 is 2.00 bits per heavy atom. The van der Waals surface area contributed by atoms with Crippen LogP contribution in [0.2, 0.25) is 0 Å². The smallest absolute Gasteiger partial charge is 0.756 e. The van der Waals surface area contributed by atoms with Crippen molar-refractivity contribution < 1.29 is 68.9 Å². The van der Waals surface area contributed by atoms with Gasteiger partial charge in [-0.05, 0) is 6.07 Å². The van der Waals surface area contributed by atoms with Crippen LogP contribution in [0, 0.1) is 0 Å². The number of ether oxygens (including phenoxy) is 1. The number of aliphatic hydroxyl groups excluding tert-OH is 1. The predicted octanol–water partition coefficient (Wildman–Crippen LogP) is -6.68. The zero-order valence-corrected chi connectivity index (χ0v) is 14.9. The zero-order valence-electron chi connectivity index (χ0n) is 12.0. The molecule has 12 nitrogen and oxygen atoms in total. The third kappa shape index (κ3) is 4.18. The van der Waals surface area contributed by atoms with Crippen molar-refractivity contribution in [3.05, 3.63) is 22.7 Å². The van der Waals surface area contributed by atoms with E-state index in [9.17, 15) is 19.4 Å². The Morgan fingerprint density at radius 1 is 1.39 bits per heavy atom. The third-order valence-electron chi connectivity index (χ3n) is 3.09. The molecule has 0 bridgehead atoms. The Balaban J connectivity index is 0.00000161. The molecule has 3 heterocycles. The van der Waals surface area contributed by atoms with E-state index in [1.807, 2.05) is 0 Å². The molecule has 0 aliphatic carbocycles. The van der Waals surface area contributed by atoms with Gasteiger partial charge in [0.25, 0.3) is 7.82 Å². The normalized spacial score (nSPS) is 34.7. The number of nitrogen functional groups attached to an aromatic ring is 1. The molecule has 0 amide bonds. The molecule has 5 atom stereocenters. The Hall–Kier alpha value is -0.370. The van der Waals surface area contributed by atoms with Crippen LogP contribution in [0.1, 0.15) is 6.23 Å². The van der Waals surface area contributed by atoms with E-state index in [-0.39, 0.29) is 46.3 Å². The fourth-order valence-corrected chi connectivity index (χ4v) is 3.39. The Morgan fingerprint density at radius 3 is 2.57 bits per heavy atom. The van der Waals surface area contributed by atoms with Gasteiger partial charge in [-0.3, -0.25) is 9.13 Å². The first-order valence-corrected chi connectivity index (χ1v) is 7.16. The van der Waals surface area contributed by atoms with Crippen LogP contribution < -0.4 is 45.9 Å². The maximum atomic E-state index is 11.8. The molecule has 7 N–H and O–H groups in total. The number of aromatic nitrogens is 2. The van der Waals surface area contributed by atoms with Gasteiger partial charge in [0.1, 0.15) is 24.1 Å². The van der Waals surface area contributed by atoms with Crippen LogP contribution in [0.15, 0.2) is 17.1 Å². The molecule has 23 heavy (non-hydrogen) atoms. The summed E-state index contributed by atoms with van der Waals surface area (Å²) in [7, 11) is -4.46. The first-order valence-electron chi connectivity index (χ1n) is 5.70. The molecule has 0 spiro atoms. The van der Waals surface area contributed by atoms with E-state index in [1.165, 1.54) is 12.3 Å². The summed E-state index contributed by atoms with van der Waals surface area (Å²) in [6.07, 6.45) is -2.73. The Labute approximate surface area is 151 Å². The quantitative estimate of drug-likeness (QED) is 0.377. The fourth-order valence-electron chi connectivity index (χ4n) is 2.26. The van der Waals surface area contributed by atoms with Gasteiger partial charge in [-0.15, -0.1) is 0 Å². The van der Waals surface area contributed by atoms with Gasteiger partial charge in [0.15, 0.2) is 6.23 Å². The van der Waals surface area contributed by atoms with E-state index < -0.39 is 44.7 Å². The summed E-state index contributed by atoms with van der Waals surface area (Å²) >= 11 is 0. The van der Waals surface area contributed by atoms with Gasteiger partial charge in [-0.25, -0.2) is 4.79 Å². The van der Waals surface area contributed by atoms with Crippen molar-refractivity contribution in [3.63, 3.8) is 0 Å².